The molecular weight excluding hydrogens is 402 g/mol. The number of hydrogen-bond donors (Lipinski definition) is 1. The molecule has 0 fully saturated rings. The van der Waals surface area contributed by atoms with Crippen LogP contribution in [0, 0.1) is 0 Å². The van der Waals surface area contributed by atoms with Gasteiger partial charge in [0.2, 0.25) is 5.91 Å². The van der Waals surface area contributed by atoms with Crippen molar-refractivity contribution in [1.82, 2.24) is 14.9 Å². The Kier molecular flexibility index (Phi) is 4.77. The molecule has 0 aliphatic heterocycles. The number of carbonyl (C=O) groups excluding carboxylic acids is 1. The van der Waals surface area contributed by atoms with E-state index in [-0.39, 0.29) is 24.1 Å². The van der Waals surface area contributed by atoms with Crippen LogP contribution in [0.15, 0.2) is 59.0 Å². The third kappa shape index (κ3) is 3.41. The normalized spacial score (nSPS) is 14.1. The Labute approximate surface area is 175 Å². The molecule has 0 spiro atoms. The lowest BCUT2D eigenvalue weighted by Crippen LogP contribution is -2.35. The number of nitrogens with one attached hydrogen (secondary N) is 1. The highest BCUT2D eigenvalue weighted by molar-refractivity contribution is 7.18. The quantitative estimate of drug-likeness (QED) is 0.531. The standard InChI is InChI=1S/C22H19N3O2S2/c26-18(24-20(17-10-5-11-28-17)14-6-2-1-3-7-14)12-25-13-23-21-19(22(25)27)15-8-4-9-16(15)29-21/h1-3,5-7,10-11,13,20H,4,8-9,12H2,(H,24,26). The lowest BCUT2D eigenvalue weighted by atomic mass is 10.1. The van der Waals surface area contributed by atoms with Crippen LogP contribution in [0.25, 0.3) is 10.2 Å². The second-order valence-electron chi connectivity index (χ2n) is 7.14. The first kappa shape index (κ1) is 18.3. The molecule has 5 rings (SSSR count). The molecule has 1 amide bonds. The molecule has 0 bridgehead atoms. The zero-order chi connectivity index (χ0) is 19.8. The fraction of sp³-hybridized carbons (Fsp3) is 0.227. The van der Waals surface area contributed by atoms with Crippen LogP contribution in [-0.2, 0) is 24.2 Å². The van der Waals surface area contributed by atoms with Gasteiger partial charge in [-0.15, -0.1) is 22.7 Å². The lowest BCUT2D eigenvalue weighted by Gasteiger charge is -2.18. The molecule has 1 N–H and O–H groups in total. The minimum atomic E-state index is -0.235. The number of thiophene rings is 2. The maximum Gasteiger partial charge on any atom is 0.262 e. The summed E-state index contributed by atoms with van der Waals surface area (Å²) in [5, 5.41) is 5.79. The Morgan fingerprint density at radius 2 is 2.03 bits per heavy atom. The van der Waals surface area contributed by atoms with Crippen molar-refractivity contribution in [3.63, 3.8) is 0 Å². The summed E-state index contributed by atoms with van der Waals surface area (Å²) in [6.07, 6.45) is 4.54. The smallest absolute Gasteiger partial charge is 0.262 e. The van der Waals surface area contributed by atoms with Crippen molar-refractivity contribution in [3.8, 4) is 0 Å². The maximum atomic E-state index is 13.0. The molecule has 146 valence electrons. The Morgan fingerprint density at radius 3 is 2.83 bits per heavy atom. The molecule has 3 heterocycles. The maximum absolute atomic E-state index is 13.0. The van der Waals surface area contributed by atoms with Gasteiger partial charge in [0.15, 0.2) is 0 Å². The Bertz CT molecular complexity index is 1230. The molecule has 1 unspecified atom stereocenters. The highest BCUT2D eigenvalue weighted by Crippen LogP contribution is 2.34. The molecule has 1 atom stereocenters. The fourth-order valence-corrected chi connectivity index (χ4v) is 5.94. The number of nitrogens with zero attached hydrogens (tertiary/aromatic N) is 2. The van der Waals surface area contributed by atoms with E-state index in [0.29, 0.717) is 5.39 Å². The Hall–Kier alpha value is -2.77. The van der Waals surface area contributed by atoms with Crippen molar-refractivity contribution in [2.45, 2.75) is 31.8 Å². The summed E-state index contributed by atoms with van der Waals surface area (Å²) in [6, 6.07) is 13.6. The third-order valence-electron chi connectivity index (χ3n) is 5.27. The minimum Gasteiger partial charge on any atom is -0.343 e. The lowest BCUT2D eigenvalue weighted by molar-refractivity contribution is -0.122. The molecule has 3 aromatic heterocycles. The summed E-state index contributed by atoms with van der Waals surface area (Å²) >= 11 is 3.21. The number of hydrogen-bond acceptors (Lipinski definition) is 5. The monoisotopic (exact) mass is 421 g/mol. The van der Waals surface area contributed by atoms with Crippen LogP contribution in [-0.4, -0.2) is 15.5 Å². The van der Waals surface area contributed by atoms with Gasteiger partial charge in [0.25, 0.3) is 5.56 Å². The molecule has 5 nitrogen and oxygen atoms in total. The van der Waals surface area contributed by atoms with Crippen molar-refractivity contribution in [3.05, 3.63) is 85.4 Å². The first-order chi connectivity index (χ1) is 14.2. The summed E-state index contributed by atoms with van der Waals surface area (Å²) in [4.78, 5) is 33.4. The second kappa shape index (κ2) is 7.57. The van der Waals surface area contributed by atoms with Crippen LogP contribution in [0.3, 0.4) is 0 Å². The summed E-state index contributed by atoms with van der Waals surface area (Å²) in [6.45, 7) is -0.0406. The van der Waals surface area contributed by atoms with E-state index >= 15 is 0 Å². The van der Waals surface area contributed by atoms with Gasteiger partial charge in [-0.1, -0.05) is 36.4 Å². The summed E-state index contributed by atoms with van der Waals surface area (Å²) in [5.41, 5.74) is 2.04. The van der Waals surface area contributed by atoms with Gasteiger partial charge in [0.05, 0.1) is 17.8 Å². The van der Waals surface area contributed by atoms with Crippen LogP contribution in [0.1, 0.15) is 33.3 Å². The molecule has 0 radical (unpaired) electrons. The number of carbonyl (C=O) groups is 1. The van der Waals surface area contributed by atoms with E-state index < -0.39 is 0 Å². The number of rotatable bonds is 5. The summed E-state index contributed by atoms with van der Waals surface area (Å²) < 4.78 is 1.43. The number of fused-ring (bicyclic) bond motifs is 3. The van der Waals surface area contributed by atoms with Gasteiger partial charge in [-0.25, -0.2) is 4.98 Å². The summed E-state index contributed by atoms with van der Waals surface area (Å²) in [5.74, 6) is -0.206. The largest absolute Gasteiger partial charge is 0.343 e. The van der Waals surface area contributed by atoms with Gasteiger partial charge in [0.1, 0.15) is 11.4 Å². The van der Waals surface area contributed by atoms with E-state index in [0.717, 1.165) is 40.1 Å². The van der Waals surface area contributed by atoms with Crippen molar-refractivity contribution in [2.75, 3.05) is 0 Å². The van der Waals surface area contributed by atoms with Gasteiger partial charge < -0.3 is 5.32 Å². The van der Waals surface area contributed by atoms with Crippen molar-refractivity contribution >= 4 is 38.8 Å². The third-order valence-corrected chi connectivity index (χ3v) is 7.41. The molecule has 4 aromatic rings. The van der Waals surface area contributed by atoms with E-state index in [1.807, 2.05) is 47.8 Å². The average Bonchev–Trinajstić information content (AvgIpc) is 3.46. The topological polar surface area (TPSA) is 64.0 Å². The van der Waals surface area contributed by atoms with Crippen molar-refractivity contribution < 1.29 is 4.79 Å². The SMILES string of the molecule is O=C(Cn1cnc2sc3c(c2c1=O)CCC3)NC(c1ccccc1)c1cccs1. The number of aryl methyl sites for hydroxylation is 2. The van der Waals surface area contributed by atoms with Gasteiger partial charge in [-0.2, -0.15) is 0 Å². The Balaban J connectivity index is 1.42. The molecule has 7 heteroatoms. The van der Waals surface area contributed by atoms with Crippen LogP contribution in [0.2, 0.25) is 0 Å². The van der Waals surface area contributed by atoms with E-state index in [9.17, 15) is 9.59 Å². The summed E-state index contributed by atoms with van der Waals surface area (Å²) in [7, 11) is 0. The van der Waals surface area contributed by atoms with Crippen LogP contribution < -0.4 is 10.9 Å². The first-order valence-electron chi connectivity index (χ1n) is 9.58. The van der Waals surface area contributed by atoms with Gasteiger partial charge >= 0.3 is 0 Å². The fourth-order valence-electron chi connectivity index (χ4n) is 3.91. The number of aromatic nitrogens is 2. The van der Waals surface area contributed by atoms with E-state index in [4.69, 9.17) is 0 Å². The molecule has 0 saturated carbocycles. The predicted octanol–water partition coefficient (Wildman–Crippen LogP) is 3.91. The predicted molar refractivity (Wildman–Crippen MR) is 117 cm³/mol. The van der Waals surface area contributed by atoms with Crippen LogP contribution in [0.4, 0.5) is 0 Å². The van der Waals surface area contributed by atoms with Crippen molar-refractivity contribution in [2.24, 2.45) is 0 Å². The molecule has 1 aliphatic carbocycles. The van der Waals surface area contributed by atoms with E-state index in [1.165, 1.54) is 15.8 Å². The van der Waals surface area contributed by atoms with Gasteiger partial charge in [0, 0.05) is 9.75 Å². The van der Waals surface area contributed by atoms with Crippen LogP contribution in [0.5, 0.6) is 0 Å². The Morgan fingerprint density at radius 1 is 1.17 bits per heavy atom. The van der Waals surface area contributed by atoms with Crippen LogP contribution >= 0.6 is 22.7 Å². The highest BCUT2D eigenvalue weighted by Gasteiger charge is 2.22. The molecule has 1 aromatic carbocycles. The average molecular weight is 422 g/mol. The molecular formula is C22H19N3O2S2. The molecule has 1 aliphatic rings. The number of amides is 1. The van der Waals surface area contributed by atoms with Gasteiger partial charge in [-0.05, 0) is 41.8 Å². The molecule has 0 saturated heterocycles. The first-order valence-corrected chi connectivity index (χ1v) is 11.3. The second-order valence-corrected chi connectivity index (χ2v) is 9.20. The highest BCUT2D eigenvalue weighted by atomic mass is 32.1. The molecule has 29 heavy (non-hydrogen) atoms. The zero-order valence-electron chi connectivity index (χ0n) is 15.6. The van der Waals surface area contributed by atoms with Gasteiger partial charge in [-0.3, -0.25) is 14.2 Å². The van der Waals surface area contributed by atoms with E-state index in [2.05, 4.69) is 10.3 Å². The van der Waals surface area contributed by atoms with Crippen molar-refractivity contribution in [1.29, 1.82) is 0 Å². The zero-order valence-corrected chi connectivity index (χ0v) is 17.3. The minimum absolute atomic E-state index is 0.0406. The number of benzene rings is 1. The van der Waals surface area contributed by atoms with E-state index in [1.54, 1.807) is 22.7 Å².